The zero-order valence-corrected chi connectivity index (χ0v) is 22.4. The maximum absolute atomic E-state index is 13.2. The number of rotatable bonds is 9. The van der Waals surface area contributed by atoms with Crippen LogP contribution in [0.1, 0.15) is 32.1 Å². The Morgan fingerprint density at radius 1 is 1.10 bits per heavy atom. The van der Waals surface area contributed by atoms with Crippen LogP contribution >= 0.6 is 0 Å². The highest BCUT2D eigenvalue weighted by Crippen LogP contribution is 2.31. The van der Waals surface area contributed by atoms with Gasteiger partial charge >= 0.3 is 5.97 Å². The van der Waals surface area contributed by atoms with Crippen LogP contribution in [0.3, 0.4) is 0 Å². The number of esters is 1. The Morgan fingerprint density at radius 3 is 2.59 bits per heavy atom. The van der Waals surface area contributed by atoms with Gasteiger partial charge in [0.1, 0.15) is 0 Å². The van der Waals surface area contributed by atoms with Crippen LogP contribution in [0.25, 0.3) is 5.82 Å². The lowest BCUT2D eigenvalue weighted by atomic mass is 10.2. The van der Waals surface area contributed by atoms with Crippen LogP contribution in [-0.2, 0) is 6.54 Å². The summed E-state index contributed by atoms with van der Waals surface area (Å²) in [6, 6.07) is 13.6. The third kappa shape index (κ3) is 6.21. The molecule has 0 radical (unpaired) electrons. The van der Waals surface area contributed by atoms with Gasteiger partial charge in [-0.3, -0.25) is 9.69 Å². The average molecular weight is 561 g/mol. The lowest BCUT2D eigenvalue weighted by molar-refractivity contribution is 0.0729. The number of nitrogens with zero attached hydrogens (tertiary/aromatic N) is 8. The lowest BCUT2D eigenvalue weighted by Gasteiger charge is -2.32. The SMILES string of the molecule is COc1cccc(C=NNC(=O)c2nnn(-c3nonc3N)c2CN2CCN(C)CC2)c1OC(=O)c1ccccc1. The second-order valence-electron chi connectivity index (χ2n) is 9.18. The summed E-state index contributed by atoms with van der Waals surface area (Å²) >= 11 is 0. The van der Waals surface area contributed by atoms with Crippen molar-refractivity contribution in [3.63, 3.8) is 0 Å². The van der Waals surface area contributed by atoms with Crippen molar-refractivity contribution < 1.29 is 23.7 Å². The number of nitrogen functional groups attached to an aromatic ring is 1. The van der Waals surface area contributed by atoms with E-state index in [0.717, 1.165) is 26.2 Å². The second-order valence-corrected chi connectivity index (χ2v) is 9.18. The quantitative estimate of drug-likeness (QED) is 0.128. The number of aromatic nitrogens is 5. The summed E-state index contributed by atoms with van der Waals surface area (Å²) in [6.07, 6.45) is 1.35. The molecule has 1 fully saturated rings. The van der Waals surface area contributed by atoms with Crippen LogP contribution in [-0.4, -0.2) is 93.5 Å². The fourth-order valence-corrected chi connectivity index (χ4v) is 4.19. The van der Waals surface area contributed by atoms with Gasteiger partial charge in [-0.1, -0.05) is 29.5 Å². The molecule has 212 valence electrons. The molecule has 5 rings (SSSR count). The van der Waals surface area contributed by atoms with E-state index in [1.165, 1.54) is 18.0 Å². The van der Waals surface area contributed by atoms with E-state index in [0.29, 0.717) is 29.1 Å². The average Bonchev–Trinajstić information content (AvgIpc) is 3.60. The van der Waals surface area contributed by atoms with E-state index in [2.05, 4.69) is 48.0 Å². The zero-order chi connectivity index (χ0) is 28.8. The Hall–Kier alpha value is -5.15. The predicted molar refractivity (Wildman–Crippen MR) is 146 cm³/mol. The van der Waals surface area contributed by atoms with Gasteiger partial charge in [-0.25, -0.2) is 14.8 Å². The van der Waals surface area contributed by atoms with Crippen molar-refractivity contribution in [1.82, 2.24) is 40.5 Å². The predicted octanol–water partition coefficient (Wildman–Crippen LogP) is 0.972. The standard InChI is InChI=1S/C26H28N10O5/c1-34-11-13-35(14-12-34)16-19-21(29-33-36(19)24-23(27)31-41-32-24)25(37)30-28-15-18-9-6-10-20(39-2)22(18)40-26(38)17-7-4-3-5-8-17/h3-10,15H,11-14,16H2,1-2H3,(H2,27,31)(H,30,37). The third-order valence-corrected chi connectivity index (χ3v) is 6.45. The van der Waals surface area contributed by atoms with Gasteiger partial charge in [0.05, 0.1) is 24.6 Å². The highest BCUT2D eigenvalue weighted by atomic mass is 16.6. The number of ether oxygens (including phenoxy) is 2. The first kappa shape index (κ1) is 27.4. The number of carbonyl (C=O) groups excluding carboxylic acids is 2. The molecule has 0 atom stereocenters. The molecule has 2 aromatic heterocycles. The van der Waals surface area contributed by atoms with Crippen molar-refractivity contribution in [2.45, 2.75) is 6.54 Å². The van der Waals surface area contributed by atoms with Crippen LogP contribution < -0.4 is 20.6 Å². The fraction of sp³-hybridized carbons (Fsp3) is 0.269. The molecule has 4 aromatic rings. The summed E-state index contributed by atoms with van der Waals surface area (Å²) in [5, 5.41) is 19.6. The Labute approximate surface area is 234 Å². The van der Waals surface area contributed by atoms with Gasteiger partial charge in [0.25, 0.3) is 5.91 Å². The minimum Gasteiger partial charge on any atom is -0.493 e. The monoisotopic (exact) mass is 560 g/mol. The summed E-state index contributed by atoms with van der Waals surface area (Å²) < 4.78 is 17.1. The number of likely N-dealkylation sites (N-methyl/N-ethyl adjacent to an activating group) is 1. The van der Waals surface area contributed by atoms with E-state index < -0.39 is 11.9 Å². The van der Waals surface area contributed by atoms with Crippen molar-refractivity contribution >= 4 is 23.9 Å². The Balaban J connectivity index is 1.37. The molecule has 0 saturated carbocycles. The normalized spacial score (nSPS) is 14.3. The number of anilines is 1. The summed E-state index contributed by atoms with van der Waals surface area (Å²) in [4.78, 5) is 30.3. The van der Waals surface area contributed by atoms with Gasteiger partial charge in [-0.15, -0.1) is 5.10 Å². The zero-order valence-electron chi connectivity index (χ0n) is 22.4. The first-order chi connectivity index (χ1) is 19.9. The number of amides is 1. The number of benzene rings is 2. The molecule has 3 N–H and O–H groups in total. The van der Waals surface area contributed by atoms with Gasteiger partial charge in [-0.05, 0) is 41.6 Å². The van der Waals surface area contributed by atoms with Crippen molar-refractivity contribution in [2.24, 2.45) is 5.10 Å². The smallest absolute Gasteiger partial charge is 0.343 e. The van der Waals surface area contributed by atoms with E-state index >= 15 is 0 Å². The summed E-state index contributed by atoms with van der Waals surface area (Å²) in [5.74, 6) is -0.572. The number of methoxy groups -OCH3 is 1. The van der Waals surface area contributed by atoms with E-state index in [1.807, 2.05) is 0 Å². The van der Waals surface area contributed by atoms with Crippen molar-refractivity contribution in [3.8, 4) is 17.3 Å². The number of carbonyl (C=O) groups is 2. The molecule has 1 saturated heterocycles. The van der Waals surface area contributed by atoms with Crippen molar-refractivity contribution in [3.05, 3.63) is 71.0 Å². The van der Waals surface area contributed by atoms with E-state index in [9.17, 15) is 9.59 Å². The van der Waals surface area contributed by atoms with Crippen LogP contribution in [0.2, 0.25) is 0 Å². The molecule has 15 heteroatoms. The topological polar surface area (TPSA) is 179 Å². The molecular weight excluding hydrogens is 532 g/mol. The second kappa shape index (κ2) is 12.4. The highest BCUT2D eigenvalue weighted by molar-refractivity contribution is 5.96. The Kier molecular flexibility index (Phi) is 8.26. The van der Waals surface area contributed by atoms with Crippen LogP contribution in [0.15, 0.2) is 58.3 Å². The lowest BCUT2D eigenvalue weighted by Crippen LogP contribution is -2.44. The first-order valence-corrected chi connectivity index (χ1v) is 12.7. The summed E-state index contributed by atoms with van der Waals surface area (Å²) in [6.45, 7) is 3.67. The fourth-order valence-electron chi connectivity index (χ4n) is 4.19. The van der Waals surface area contributed by atoms with Crippen LogP contribution in [0.4, 0.5) is 5.82 Å². The number of nitrogens with one attached hydrogen (secondary N) is 1. The molecule has 1 aliphatic heterocycles. The maximum atomic E-state index is 13.2. The minimum absolute atomic E-state index is 0.00936. The molecule has 0 aliphatic carbocycles. The molecule has 15 nitrogen and oxygen atoms in total. The van der Waals surface area contributed by atoms with Crippen LogP contribution in [0, 0.1) is 0 Å². The van der Waals surface area contributed by atoms with Gasteiger partial charge in [0, 0.05) is 38.3 Å². The molecule has 1 amide bonds. The highest BCUT2D eigenvalue weighted by Gasteiger charge is 2.26. The number of hydrogen-bond acceptors (Lipinski definition) is 13. The van der Waals surface area contributed by atoms with Crippen molar-refractivity contribution in [2.75, 3.05) is 46.1 Å². The molecule has 3 heterocycles. The van der Waals surface area contributed by atoms with Crippen molar-refractivity contribution in [1.29, 1.82) is 0 Å². The summed E-state index contributed by atoms with van der Waals surface area (Å²) in [7, 11) is 3.51. The van der Waals surface area contributed by atoms with E-state index in [1.54, 1.807) is 48.5 Å². The first-order valence-electron chi connectivity index (χ1n) is 12.7. The van der Waals surface area contributed by atoms with Gasteiger partial charge < -0.3 is 20.1 Å². The molecule has 2 aromatic carbocycles. The summed E-state index contributed by atoms with van der Waals surface area (Å²) in [5.41, 5.74) is 9.61. The van der Waals surface area contributed by atoms with E-state index in [-0.39, 0.29) is 23.1 Å². The number of hydrogen-bond donors (Lipinski definition) is 2. The number of piperazine rings is 1. The maximum Gasteiger partial charge on any atom is 0.343 e. The number of hydrazone groups is 1. The number of nitrogens with two attached hydrogens (primary N) is 1. The van der Waals surface area contributed by atoms with Gasteiger partial charge in [0.2, 0.25) is 11.6 Å². The molecule has 1 aliphatic rings. The Morgan fingerprint density at radius 2 is 1.88 bits per heavy atom. The Bertz CT molecular complexity index is 1540. The van der Waals surface area contributed by atoms with Gasteiger partial charge in [0.15, 0.2) is 17.2 Å². The van der Waals surface area contributed by atoms with E-state index in [4.69, 9.17) is 19.8 Å². The molecule has 0 unspecified atom stereocenters. The molecule has 41 heavy (non-hydrogen) atoms. The third-order valence-electron chi connectivity index (χ3n) is 6.45. The van der Waals surface area contributed by atoms with Gasteiger partial charge in [-0.2, -0.15) is 9.78 Å². The largest absolute Gasteiger partial charge is 0.493 e. The molecule has 0 bridgehead atoms. The minimum atomic E-state index is -0.614. The molecular formula is C26H28N10O5. The molecule has 0 spiro atoms. The van der Waals surface area contributed by atoms with Crippen LogP contribution in [0.5, 0.6) is 11.5 Å². The number of para-hydroxylation sites is 1.